The summed E-state index contributed by atoms with van der Waals surface area (Å²) in [6, 6.07) is 5.58. The van der Waals surface area contributed by atoms with Crippen LogP contribution in [0.1, 0.15) is 31.7 Å². The molecule has 0 N–H and O–H groups in total. The number of halogens is 1. The Bertz CT molecular complexity index is 591. The third-order valence-corrected chi connectivity index (χ3v) is 4.96. The lowest BCUT2D eigenvalue weighted by Crippen LogP contribution is -2.50. The summed E-state index contributed by atoms with van der Waals surface area (Å²) in [5.74, 6) is 0.0925. The largest absolute Gasteiger partial charge is 0.479 e. The molecule has 1 atom stereocenters. The number of ether oxygens (including phenoxy) is 3. The van der Waals surface area contributed by atoms with Crippen molar-refractivity contribution < 1.29 is 19.0 Å². The van der Waals surface area contributed by atoms with Gasteiger partial charge in [0.2, 0.25) is 0 Å². The van der Waals surface area contributed by atoms with Crippen LogP contribution in [-0.4, -0.2) is 49.0 Å². The molecule has 0 aliphatic carbocycles. The summed E-state index contributed by atoms with van der Waals surface area (Å²) in [4.78, 5) is 14.7. The Morgan fingerprint density at radius 1 is 1.33 bits per heavy atom. The van der Waals surface area contributed by atoms with Crippen molar-refractivity contribution in [1.82, 2.24) is 4.90 Å². The van der Waals surface area contributed by atoms with Gasteiger partial charge in [0.1, 0.15) is 5.75 Å². The van der Waals surface area contributed by atoms with E-state index in [1.54, 1.807) is 6.07 Å². The minimum absolute atomic E-state index is 0.00270. The first-order valence-corrected chi connectivity index (χ1v) is 8.90. The molecule has 5 nitrogen and oxygen atoms in total. The summed E-state index contributed by atoms with van der Waals surface area (Å²) in [6.45, 7) is 6.44. The minimum atomic E-state index is -0.524. The summed E-state index contributed by atoms with van der Waals surface area (Å²) in [5, 5.41) is 0.525. The van der Waals surface area contributed by atoms with Gasteiger partial charge in [-0.15, -0.1) is 0 Å². The van der Waals surface area contributed by atoms with Crippen LogP contribution in [0.4, 0.5) is 0 Å². The molecule has 2 aliphatic heterocycles. The highest BCUT2D eigenvalue weighted by atomic mass is 35.5. The predicted molar refractivity (Wildman–Crippen MR) is 91.3 cm³/mol. The summed E-state index contributed by atoms with van der Waals surface area (Å²) < 4.78 is 17.3. The zero-order valence-electron chi connectivity index (χ0n) is 14.2. The highest BCUT2D eigenvalue weighted by molar-refractivity contribution is 6.32. The maximum absolute atomic E-state index is 12.8. The molecular formula is C18H24ClNO4. The second-order valence-corrected chi connectivity index (χ2v) is 6.79. The van der Waals surface area contributed by atoms with Crippen molar-refractivity contribution in [1.29, 1.82) is 0 Å². The van der Waals surface area contributed by atoms with Gasteiger partial charge in [-0.3, -0.25) is 4.79 Å². The van der Waals surface area contributed by atoms with E-state index in [9.17, 15) is 4.79 Å². The molecule has 6 heteroatoms. The third-order valence-electron chi connectivity index (χ3n) is 4.65. The molecule has 0 radical (unpaired) electrons. The first kappa shape index (κ1) is 17.5. The molecule has 132 valence electrons. The fraction of sp³-hybridized carbons (Fsp3) is 0.611. The van der Waals surface area contributed by atoms with Crippen molar-refractivity contribution >= 4 is 17.5 Å². The number of amides is 1. The lowest BCUT2D eigenvalue weighted by molar-refractivity contribution is -0.189. The molecular weight excluding hydrogens is 330 g/mol. The fourth-order valence-electron chi connectivity index (χ4n) is 3.22. The van der Waals surface area contributed by atoms with Crippen LogP contribution in [0.5, 0.6) is 5.75 Å². The highest BCUT2D eigenvalue weighted by Gasteiger charge is 2.41. The van der Waals surface area contributed by atoms with Crippen LogP contribution in [0.3, 0.4) is 0 Å². The standard InChI is InChI=1S/C18H24ClNO4/c1-3-15(24-16-12-13(2)4-5-14(16)19)17(21)20-8-6-18(7-9-20)22-10-11-23-18/h4-5,12,15H,3,6-11H2,1-2H3/t15-/m0/s1. The molecule has 0 bridgehead atoms. The molecule has 1 aromatic rings. The first-order valence-electron chi connectivity index (χ1n) is 8.52. The quantitative estimate of drug-likeness (QED) is 0.834. The molecule has 2 aliphatic rings. The molecule has 24 heavy (non-hydrogen) atoms. The van der Waals surface area contributed by atoms with E-state index in [0.717, 1.165) is 5.56 Å². The average molecular weight is 354 g/mol. The summed E-state index contributed by atoms with van der Waals surface area (Å²) >= 11 is 6.19. The number of hydrogen-bond acceptors (Lipinski definition) is 4. The normalized spacial score (nSPS) is 21.0. The number of rotatable bonds is 4. The number of nitrogens with zero attached hydrogens (tertiary/aromatic N) is 1. The average Bonchev–Trinajstić information content (AvgIpc) is 3.04. The van der Waals surface area contributed by atoms with Crippen molar-refractivity contribution in [2.24, 2.45) is 0 Å². The zero-order valence-corrected chi connectivity index (χ0v) is 15.0. The van der Waals surface area contributed by atoms with Gasteiger partial charge in [0.15, 0.2) is 11.9 Å². The van der Waals surface area contributed by atoms with Gasteiger partial charge < -0.3 is 19.1 Å². The Morgan fingerprint density at radius 3 is 2.62 bits per heavy atom. The third kappa shape index (κ3) is 3.68. The molecule has 0 unspecified atom stereocenters. The SMILES string of the molecule is CC[C@H](Oc1cc(C)ccc1Cl)C(=O)N1CCC2(CC1)OCCO2. The Labute approximate surface area is 147 Å². The van der Waals surface area contributed by atoms with Gasteiger partial charge in [0.25, 0.3) is 5.91 Å². The van der Waals surface area contributed by atoms with E-state index in [2.05, 4.69) is 0 Å². The van der Waals surface area contributed by atoms with Crippen LogP contribution in [0.15, 0.2) is 18.2 Å². The minimum Gasteiger partial charge on any atom is -0.479 e. The molecule has 0 saturated carbocycles. The Morgan fingerprint density at radius 2 is 2.00 bits per heavy atom. The Kier molecular flexibility index (Phi) is 5.33. The van der Waals surface area contributed by atoms with E-state index in [4.69, 9.17) is 25.8 Å². The molecule has 0 aromatic heterocycles. The van der Waals surface area contributed by atoms with Crippen molar-refractivity contribution in [3.63, 3.8) is 0 Å². The monoisotopic (exact) mass is 353 g/mol. The fourth-order valence-corrected chi connectivity index (χ4v) is 3.38. The number of likely N-dealkylation sites (tertiary alicyclic amines) is 1. The molecule has 3 rings (SSSR count). The van der Waals surface area contributed by atoms with Crippen molar-refractivity contribution in [3.8, 4) is 5.75 Å². The van der Waals surface area contributed by atoms with E-state index >= 15 is 0 Å². The van der Waals surface area contributed by atoms with Crippen molar-refractivity contribution in [3.05, 3.63) is 28.8 Å². The summed E-state index contributed by atoms with van der Waals surface area (Å²) in [5.41, 5.74) is 1.05. The number of piperidine rings is 1. The number of aryl methyl sites for hydroxylation is 1. The van der Waals surface area contributed by atoms with Crippen LogP contribution in [0.25, 0.3) is 0 Å². The van der Waals surface area contributed by atoms with Gasteiger partial charge >= 0.3 is 0 Å². The van der Waals surface area contributed by atoms with E-state index < -0.39 is 11.9 Å². The predicted octanol–water partition coefficient (Wildman–Crippen LogP) is 3.17. The van der Waals surface area contributed by atoms with E-state index in [1.165, 1.54) is 0 Å². The highest BCUT2D eigenvalue weighted by Crippen LogP contribution is 2.32. The maximum atomic E-state index is 12.8. The van der Waals surface area contributed by atoms with E-state index in [-0.39, 0.29) is 5.91 Å². The van der Waals surface area contributed by atoms with E-state index in [0.29, 0.717) is 56.3 Å². The lowest BCUT2D eigenvalue weighted by Gasteiger charge is -2.38. The van der Waals surface area contributed by atoms with Gasteiger partial charge in [0.05, 0.1) is 18.2 Å². The van der Waals surface area contributed by atoms with Gasteiger partial charge in [-0.2, -0.15) is 0 Å². The summed E-state index contributed by atoms with van der Waals surface area (Å²) in [6.07, 6.45) is 1.49. The number of benzene rings is 1. The van der Waals surface area contributed by atoms with Gasteiger partial charge in [0, 0.05) is 25.9 Å². The maximum Gasteiger partial charge on any atom is 0.263 e. The lowest BCUT2D eigenvalue weighted by atomic mass is 10.0. The zero-order chi connectivity index (χ0) is 17.2. The Hall–Kier alpha value is -1.30. The topological polar surface area (TPSA) is 48.0 Å². The van der Waals surface area contributed by atoms with Gasteiger partial charge in [-0.25, -0.2) is 0 Å². The van der Waals surface area contributed by atoms with Crippen LogP contribution in [0, 0.1) is 6.92 Å². The van der Waals surface area contributed by atoms with Gasteiger partial charge in [-0.05, 0) is 31.0 Å². The second-order valence-electron chi connectivity index (χ2n) is 6.38. The molecule has 2 saturated heterocycles. The van der Waals surface area contributed by atoms with Gasteiger partial charge in [-0.1, -0.05) is 24.6 Å². The van der Waals surface area contributed by atoms with Crippen LogP contribution >= 0.6 is 11.6 Å². The Balaban J connectivity index is 1.63. The number of carbonyl (C=O) groups is 1. The molecule has 1 aromatic carbocycles. The molecule has 1 amide bonds. The molecule has 2 fully saturated rings. The van der Waals surface area contributed by atoms with Crippen molar-refractivity contribution in [2.45, 2.75) is 45.0 Å². The van der Waals surface area contributed by atoms with E-state index in [1.807, 2.05) is 30.9 Å². The number of carbonyl (C=O) groups excluding carboxylic acids is 1. The first-order chi connectivity index (χ1) is 11.5. The molecule has 2 heterocycles. The van der Waals surface area contributed by atoms with Crippen LogP contribution < -0.4 is 4.74 Å². The second kappa shape index (κ2) is 7.30. The number of hydrogen-bond donors (Lipinski definition) is 0. The molecule has 1 spiro atoms. The van der Waals surface area contributed by atoms with Crippen molar-refractivity contribution in [2.75, 3.05) is 26.3 Å². The van der Waals surface area contributed by atoms with Crippen LogP contribution in [-0.2, 0) is 14.3 Å². The van der Waals surface area contributed by atoms with Crippen LogP contribution in [0.2, 0.25) is 5.02 Å². The smallest absolute Gasteiger partial charge is 0.263 e. The summed E-state index contributed by atoms with van der Waals surface area (Å²) in [7, 11) is 0.